The molecular weight excluding hydrogens is 296 g/mol. The van der Waals surface area contributed by atoms with E-state index in [4.69, 9.17) is 16.3 Å². The second-order valence-corrected chi connectivity index (χ2v) is 4.99. The maximum absolute atomic E-state index is 14.0. The molecule has 2 atom stereocenters. The van der Waals surface area contributed by atoms with Crippen LogP contribution in [0.2, 0.25) is 5.02 Å². The molecule has 1 aliphatic heterocycles. The summed E-state index contributed by atoms with van der Waals surface area (Å²) in [6.07, 6.45) is 0.758. The van der Waals surface area contributed by atoms with Crippen LogP contribution in [0.5, 0.6) is 5.75 Å². The second-order valence-electron chi connectivity index (χ2n) is 3.73. The molecule has 5 heteroatoms. The summed E-state index contributed by atoms with van der Waals surface area (Å²) < 4.78 is 20.4. The summed E-state index contributed by atoms with van der Waals surface area (Å²) in [6, 6.07) is 1.38. The first-order chi connectivity index (χ1) is 7.60. The molecule has 0 saturated heterocycles. The molecule has 2 rings (SSSR count). The third-order valence-corrected chi connectivity index (χ3v) is 3.69. The highest BCUT2D eigenvalue weighted by Gasteiger charge is 2.37. The average Bonchev–Trinajstić information content (AvgIpc) is 2.64. The van der Waals surface area contributed by atoms with Crippen LogP contribution in [0, 0.1) is 5.82 Å². The Bertz CT molecular complexity index is 427. The lowest BCUT2D eigenvalue weighted by Crippen LogP contribution is -2.28. The number of hydrogen-bond donors (Lipinski definition) is 1. The molecule has 1 aliphatic rings. The topological polar surface area (TPSA) is 21.3 Å². The highest BCUT2D eigenvalue weighted by Crippen LogP contribution is 2.46. The van der Waals surface area contributed by atoms with E-state index in [0.717, 1.165) is 6.42 Å². The summed E-state index contributed by atoms with van der Waals surface area (Å²) in [7, 11) is 1.79. The van der Waals surface area contributed by atoms with Crippen LogP contribution in [0.15, 0.2) is 10.5 Å². The lowest BCUT2D eigenvalue weighted by molar-refractivity contribution is 0.188. The van der Waals surface area contributed by atoms with Crippen molar-refractivity contribution in [2.24, 2.45) is 0 Å². The predicted molar refractivity (Wildman–Crippen MR) is 65.6 cm³/mol. The fourth-order valence-corrected chi connectivity index (χ4v) is 2.93. The van der Waals surface area contributed by atoms with E-state index in [1.54, 1.807) is 7.05 Å². The summed E-state index contributed by atoms with van der Waals surface area (Å²) in [5.74, 6) is 0.170. The van der Waals surface area contributed by atoms with Gasteiger partial charge in [-0.1, -0.05) is 18.5 Å². The van der Waals surface area contributed by atoms with Crippen molar-refractivity contribution in [1.82, 2.24) is 5.32 Å². The summed E-state index contributed by atoms with van der Waals surface area (Å²) in [4.78, 5) is 0. The van der Waals surface area contributed by atoms with Gasteiger partial charge in [-0.25, -0.2) is 4.39 Å². The molecule has 0 aliphatic carbocycles. The van der Waals surface area contributed by atoms with E-state index in [1.165, 1.54) is 6.07 Å². The van der Waals surface area contributed by atoms with Crippen molar-refractivity contribution in [3.05, 3.63) is 26.9 Å². The van der Waals surface area contributed by atoms with Gasteiger partial charge in [0.15, 0.2) is 0 Å². The number of likely N-dealkylation sites (N-methyl/N-ethyl adjacent to an activating group) is 1. The molecule has 0 aromatic heterocycles. The molecule has 2 unspecified atom stereocenters. The molecule has 1 aromatic rings. The van der Waals surface area contributed by atoms with Gasteiger partial charge in [0.1, 0.15) is 17.7 Å². The van der Waals surface area contributed by atoms with E-state index in [2.05, 4.69) is 21.2 Å². The Hall–Kier alpha value is -0.320. The van der Waals surface area contributed by atoms with Crippen molar-refractivity contribution in [2.45, 2.75) is 25.5 Å². The first-order valence-corrected chi connectivity index (χ1v) is 6.28. The molecule has 1 heterocycles. The van der Waals surface area contributed by atoms with Gasteiger partial charge in [-0.15, -0.1) is 0 Å². The zero-order valence-electron chi connectivity index (χ0n) is 8.98. The second kappa shape index (κ2) is 4.51. The van der Waals surface area contributed by atoms with Crippen LogP contribution >= 0.6 is 27.5 Å². The number of fused-ring (bicyclic) bond motifs is 1. The van der Waals surface area contributed by atoms with E-state index in [-0.39, 0.29) is 17.2 Å². The molecular formula is C11H12BrClFNO. The molecule has 0 spiro atoms. The van der Waals surface area contributed by atoms with Gasteiger partial charge < -0.3 is 10.1 Å². The molecule has 16 heavy (non-hydrogen) atoms. The zero-order chi connectivity index (χ0) is 11.9. The number of ether oxygens (including phenoxy) is 1. The highest BCUT2D eigenvalue weighted by molar-refractivity contribution is 9.10. The van der Waals surface area contributed by atoms with Crippen molar-refractivity contribution in [3.63, 3.8) is 0 Å². The van der Waals surface area contributed by atoms with Gasteiger partial charge in [0.2, 0.25) is 0 Å². The third kappa shape index (κ3) is 1.73. The van der Waals surface area contributed by atoms with Gasteiger partial charge in [0.05, 0.1) is 21.1 Å². The van der Waals surface area contributed by atoms with E-state index in [0.29, 0.717) is 15.8 Å². The van der Waals surface area contributed by atoms with Crippen molar-refractivity contribution < 1.29 is 9.13 Å². The quantitative estimate of drug-likeness (QED) is 0.842. The fourth-order valence-electron chi connectivity index (χ4n) is 2.05. The maximum Gasteiger partial charge on any atom is 0.150 e. The summed E-state index contributed by atoms with van der Waals surface area (Å²) in [6.45, 7) is 2.01. The van der Waals surface area contributed by atoms with E-state index in [1.807, 2.05) is 6.92 Å². The summed E-state index contributed by atoms with van der Waals surface area (Å²) >= 11 is 9.16. The smallest absolute Gasteiger partial charge is 0.150 e. The van der Waals surface area contributed by atoms with Gasteiger partial charge in [-0.2, -0.15) is 0 Å². The normalized spacial score (nSPS) is 23.1. The Balaban J connectivity index is 2.58. The Morgan fingerprint density at radius 1 is 1.62 bits per heavy atom. The number of rotatable bonds is 2. The van der Waals surface area contributed by atoms with Gasteiger partial charge >= 0.3 is 0 Å². The van der Waals surface area contributed by atoms with Gasteiger partial charge in [0, 0.05) is 0 Å². The molecule has 0 radical (unpaired) electrons. The van der Waals surface area contributed by atoms with Gasteiger partial charge in [-0.3, -0.25) is 0 Å². The highest BCUT2D eigenvalue weighted by atomic mass is 79.9. The van der Waals surface area contributed by atoms with Crippen molar-refractivity contribution in [1.29, 1.82) is 0 Å². The standard InChI is InChI=1S/C11H12BrClFNO/c1-3-7-10(15-2)8-9(14)6(13)4-5(12)11(8)16-7/h4,7,10,15H,3H2,1-2H3. The largest absolute Gasteiger partial charge is 0.487 e. The van der Waals surface area contributed by atoms with Crippen LogP contribution in [0.3, 0.4) is 0 Å². The lowest BCUT2D eigenvalue weighted by Gasteiger charge is -2.16. The minimum atomic E-state index is -0.393. The molecule has 88 valence electrons. The SMILES string of the molecule is CCC1Oc2c(Br)cc(Cl)c(F)c2C1NC. The van der Waals surface area contributed by atoms with Crippen LogP contribution in [-0.2, 0) is 0 Å². The van der Waals surface area contributed by atoms with Gasteiger partial charge in [0.25, 0.3) is 0 Å². The Labute approximate surface area is 107 Å². The lowest BCUT2D eigenvalue weighted by atomic mass is 10.0. The van der Waals surface area contributed by atoms with E-state index < -0.39 is 5.82 Å². The van der Waals surface area contributed by atoms with Crippen LogP contribution in [0.1, 0.15) is 24.9 Å². The van der Waals surface area contributed by atoms with Gasteiger partial charge in [-0.05, 0) is 35.5 Å². The number of halogens is 3. The first-order valence-electron chi connectivity index (χ1n) is 5.11. The molecule has 2 nitrogen and oxygen atoms in total. The average molecular weight is 309 g/mol. The molecule has 1 N–H and O–H groups in total. The number of benzene rings is 1. The molecule has 0 amide bonds. The van der Waals surface area contributed by atoms with Crippen molar-refractivity contribution in [3.8, 4) is 5.75 Å². The fraction of sp³-hybridized carbons (Fsp3) is 0.455. The minimum absolute atomic E-state index is 0.0516. The minimum Gasteiger partial charge on any atom is -0.487 e. The molecule has 1 aromatic carbocycles. The summed E-state index contributed by atoms with van der Waals surface area (Å²) in [5.41, 5.74) is 0.522. The molecule has 0 fully saturated rings. The van der Waals surface area contributed by atoms with Crippen molar-refractivity contribution in [2.75, 3.05) is 7.05 Å². The Morgan fingerprint density at radius 2 is 2.31 bits per heavy atom. The molecule has 0 bridgehead atoms. The first kappa shape index (κ1) is 12.1. The Kier molecular flexibility index (Phi) is 3.42. The monoisotopic (exact) mass is 307 g/mol. The zero-order valence-corrected chi connectivity index (χ0v) is 11.3. The van der Waals surface area contributed by atoms with Crippen LogP contribution in [0.4, 0.5) is 4.39 Å². The van der Waals surface area contributed by atoms with Crippen LogP contribution < -0.4 is 10.1 Å². The van der Waals surface area contributed by atoms with Crippen LogP contribution in [-0.4, -0.2) is 13.2 Å². The number of nitrogens with one attached hydrogen (secondary N) is 1. The van der Waals surface area contributed by atoms with E-state index in [9.17, 15) is 4.39 Å². The number of hydrogen-bond acceptors (Lipinski definition) is 2. The predicted octanol–water partition coefficient (Wildman–Crippen LogP) is 3.67. The molecule has 0 saturated carbocycles. The van der Waals surface area contributed by atoms with E-state index >= 15 is 0 Å². The van der Waals surface area contributed by atoms with Crippen LogP contribution in [0.25, 0.3) is 0 Å². The van der Waals surface area contributed by atoms with Crippen molar-refractivity contribution >= 4 is 27.5 Å². The maximum atomic E-state index is 14.0. The third-order valence-electron chi connectivity index (χ3n) is 2.83. The Morgan fingerprint density at radius 3 is 2.88 bits per heavy atom. The summed E-state index contributed by atoms with van der Waals surface area (Å²) in [5, 5.41) is 3.19.